The lowest BCUT2D eigenvalue weighted by atomic mass is 9.97. The largest absolute Gasteiger partial charge is 0.365 e. The lowest BCUT2D eigenvalue weighted by Crippen LogP contribution is -2.15. The summed E-state index contributed by atoms with van der Waals surface area (Å²) in [5.41, 5.74) is 12.4. The van der Waals surface area contributed by atoms with Crippen molar-refractivity contribution in [3.8, 4) is 28.2 Å². The molecule has 0 aliphatic rings. The molecule has 0 unspecified atom stereocenters. The standard InChI is InChI=1S/C25H21N7O/c1-16-23(24(26)33)22(32(29-16)19-7-3-2-4-8-19)15-17-11-13-18(14-12-17)20-9-5-6-10-21(20)25-27-30-31-28-25/h2-14H,15H2,1H3,(H2,26,33)(H,27,28,30,31). The molecule has 2 heterocycles. The lowest BCUT2D eigenvalue weighted by Gasteiger charge is -2.11. The Hall–Kier alpha value is -4.59. The molecular formula is C25H21N7O. The van der Waals surface area contributed by atoms with E-state index < -0.39 is 5.91 Å². The molecule has 3 aromatic carbocycles. The van der Waals surface area contributed by atoms with Gasteiger partial charge in [0.15, 0.2) is 0 Å². The number of hydrogen-bond acceptors (Lipinski definition) is 5. The van der Waals surface area contributed by atoms with Crippen molar-refractivity contribution in [2.24, 2.45) is 5.73 Å². The van der Waals surface area contributed by atoms with E-state index in [-0.39, 0.29) is 0 Å². The van der Waals surface area contributed by atoms with Gasteiger partial charge < -0.3 is 5.73 Å². The number of rotatable bonds is 6. The van der Waals surface area contributed by atoms with Crippen molar-refractivity contribution in [3.05, 3.63) is 101 Å². The smallest absolute Gasteiger partial charge is 0.252 e. The average molecular weight is 435 g/mol. The molecule has 162 valence electrons. The predicted octanol–water partition coefficient (Wildman–Crippen LogP) is 3.72. The fraction of sp³-hybridized carbons (Fsp3) is 0.0800. The van der Waals surface area contributed by atoms with Gasteiger partial charge in [0.2, 0.25) is 5.82 Å². The molecule has 5 aromatic rings. The first-order valence-electron chi connectivity index (χ1n) is 10.5. The van der Waals surface area contributed by atoms with E-state index in [9.17, 15) is 4.79 Å². The van der Waals surface area contributed by atoms with E-state index in [1.807, 2.05) is 78.9 Å². The number of amides is 1. The number of carbonyl (C=O) groups is 1. The molecule has 0 radical (unpaired) electrons. The summed E-state index contributed by atoms with van der Waals surface area (Å²) in [6.45, 7) is 1.81. The van der Waals surface area contributed by atoms with Crippen molar-refractivity contribution < 1.29 is 4.79 Å². The third-order valence-electron chi connectivity index (χ3n) is 5.55. The number of tetrazole rings is 1. The van der Waals surface area contributed by atoms with Gasteiger partial charge in [0.25, 0.3) is 5.91 Å². The highest BCUT2D eigenvalue weighted by atomic mass is 16.1. The van der Waals surface area contributed by atoms with Gasteiger partial charge in [-0.05, 0) is 41.0 Å². The number of aryl methyl sites for hydroxylation is 1. The highest BCUT2D eigenvalue weighted by Crippen LogP contribution is 2.30. The summed E-state index contributed by atoms with van der Waals surface area (Å²) >= 11 is 0. The fourth-order valence-corrected chi connectivity index (χ4v) is 4.04. The number of nitrogens with one attached hydrogen (secondary N) is 1. The molecule has 0 bridgehead atoms. The van der Waals surface area contributed by atoms with Crippen LogP contribution in [0.3, 0.4) is 0 Å². The van der Waals surface area contributed by atoms with Crippen LogP contribution >= 0.6 is 0 Å². The van der Waals surface area contributed by atoms with Gasteiger partial charge in [0.05, 0.1) is 22.6 Å². The fourth-order valence-electron chi connectivity index (χ4n) is 4.04. The summed E-state index contributed by atoms with van der Waals surface area (Å²) in [6, 6.07) is 25.9. The summed E-state index contributed by atoms with van der Waals surface area (Å²) in [4.78, 5) is 12.2. The molecule has 0 fully saturated rings. The number of carbonyl (C=O) groups excluding carboxylic acids is 1. The molecule has 0 saturated heterocycles. The van der Waals surface area contributed by atoms with Crippen LogP contribution in [0.25, 0.3) is 28.2 Å². The summed E-state index contributed by atoms with van der Waals surface area (Å²) in [5, 5.41) is 19.0. The van der Waals surface area contributed by atoms with Crippen molar-refractivity contribution in [2.75, 3.05) is 0 Å². The first-order chi connectivity index (χ1) is 16.1. The summed E-state index contributed by atoms with van der Waals surface area (Å²) in [6.07, 6.45) is 0.515. The van der Waals surface area contributed by atoms with Crippen molar-refractivity contribution in [1.29, 1.82) is 0 Å². The van der Waals surface area contributed by atoms with Gasteiger partial charge in [0, 0.05) is 12.0 Å². The maximum atomic E-state index is 12.2. The van der Waals surface area contributed by atoms with Gasteiger partial charge in [0.1, 0.15) is 0 Å². The molecule has 0 aliphatic carbocycles. The normalized spacial score (nSPS) is 10.9. The molecule has 8 nitrogen and oxygen atoms in total. The topological polar surface area (TPSA) is 115 Å². The highest BCUT2D eigenvalue weighted by molar-refractivity contribution is 5.95. The second-order valence-corrected chi connectivity index (χ2v) is 7.67. The first-order valence-corrected chi connectivity index (χ1v) is 10.5. The SMILES string of the molecule is Cc1nn(-c2ccccc2)c(Cc2ccc(-c3ccccc3-c3nn[nH]n3)cc2)c1C(N)=O. The van der Waals surface area contributed by atoms with Crippen LogP contribution < -0.4 is 5.73 Å². The van der Waals surface area contributed by atoms with Crippen LogP contribution in [0.1, 0.15) is 27.3 Å². The van der Waals surface area contributed by atoms with Crippen LogP contribution in [0.5, 0.6) is 0 Å². The molecule has 0 saturated carbocycles. The van der Waals surface area contributed by atoms with E-state index >= 15 is 0 Å². The van der Waals surface area contributed by atoms with E-state index in [4.69, 9.17) is 5.73 Å². The first kappa shape index (κ1) is 20.3. The number of nitrogens with two attached hydrogens (primary N) is 1. The number of H-pyrrole nitrogens is 1. The Morgan fingerprint density at radius 2 is 1.64 bits per heavy atom. The zero-order valence-corrected chi connectivity index (χ0v) is 17.9. The number of benzene rings is 3. The Balaban J connectivity index is 1.51. The van der Waals surface area contributed by atoms with Crippen LogP contribution in [0.4, 0.5) is 0 Å². The van der Waals surface area contributed by atoms with Gasteiger partial charge in [-0.1, -0.05) is 66.7 Å². The maximum absolute atomic E-state index is 12.2. The Morgan fingerprint density at radius 3 is 2.30 bits per heavy atom. The van der Waals surface area contributed by atoms with Crippen molar-refractivity contribution in [2.45, 2.75) is 13.3 Å². The minimum Gasteiger partial charge on any atom is -0.365 e. The quantitative estimate of drug-likeness (QED) is 0.422. The number of aromatic nitrogens is 6. The number of para-hydroxylation sites is 1. The molecule has 0 spiro atoms. The van der Waals surface area contributed by atoms with Crippen LogP contribution in [0.15, 0.2) is 78.9 Å². The van der Waals surface area contributed by atoms with Crippen LogP contribution in [-0.4, -0.2) is 36.3 Å². The van der Waals surface area contributed by atoms with Gasteiger partial charge in [-0.25, -0.2) is 4.68 Å². The summed E-state index contributed by atoms with van der Waals surface area (Å²) < 4.78 is 1.80. The van der Waals surface area contributed by atoms with Gasteiger partial charge in [-0.15, -0.1) is 10.2 Å². The number of aromatic amines is 1. The molecule has 3 N–H and O–H groups in total. The predicted molar refractivity (Wildman–Crippen MR) is 125 cm³/mol. The molecule has 33 heavy (non-hydrogen) atoms. The van der Waals surface area contributed by atoms with E-state index in [2.05, 4.69) is 25.7 Å². The zero-order chi connectivity index (χ0) is 22.8. The number of nitrogens with zero attached hydrogens (tertiary/aromatic N) is 5. The van der Waals surface area contributed by atoms with Crippen molar-refractivity contribution in [3.63, 3.8) is 0 Å². The average Bonchev–Trinajstić information content (AvgIpc) is 3.48. The van der Waals surface area contributed by atoms with Crippen molar-refractivity contribution in [1.82, 2.24) is 30.4 Å². The van der Waals surface area contributed by atoms with E-state index in [1.54, 1.807) is 11.6 Å². The molecule has 0 aliphatic heterocycles. The molecule has 2 aromatic heterocycles. The second-order valence-electron chi connectivity index (χ2n) is 7.67. The summed E-state index contributed by atoms with van der Waals surface area (Å²) in [5.74, 6) is 0.0679. The maximum Gasteiger partial charge on any atom is 0.252 e. The third-order valence-corrected chi connectivity index (χ3v) is 5.55. The Labute approximate surface area is 190 Å². The number of hydrogen-bond donors (Lipinski definition) is 2. The number of primary amides is 1. The Morgan fingerprint density at radius 1 is 0.939 bits per heavy atom. The van der Waals surface area contributed by atoms with E-state index in [0.29, 0.717) is 23.5 Å². The Bertz CT molecular complexity index is 1410. The molecular weight excluding hydrogens is 414 g/mol. The van der Waals surface area contributed by atoms with E-state index in [0.717, 1.165) is 33.6 Å². The van der Waals surface area contributed by atoms with Crippen LogP contribution in [0, 0.1) is 6.92 Å². The van der Waals surface area contributed by atoms with Crippen LogP contribution in [-0.2, 0) is 6.42 Å². The van der Waals surface area contributed by atoms with Gasteiger partial charge in [-0.3, -0.25) is 4.79 Å². The monoisotopic (exact) mass is 435 g/mol. The minimum atomic E-state index is -0.477. The second kappa shape index (κ2) is 8.51. The van der Waals surface area contributed by atoms with E-state index in [1.165, 1.54) is 0 Å². The Kier molecular flexibility index (Phi) is 5.24. The third kappa shape index (κ3) is 3.89. The zero-order valence-electron chi connectivity index (χ0n) is 17.9. The van der Waals surface area contributed by atoms with Gasteiger partial charge in [-0.2, -0.15) is 10.3 Å². The lowest BCUT2D eigenvalue weighted by molar-refractivity contribution is 0.0999. The summed E-state index contributed by atoms with van der Waals surface area (Å²) in [7, 11) is 0. The molecule has 8 heteroatoms. The molecule has 1 amide bonds. The van der Waals surface area contributed by atoms with Gasteiger partial charge >= 0.3 is 0 Å². The molecule has 0 atom stereocenters. The minimum absolute atomic E-state index is 0.463. The molecule has 5 rings (SSSR count). The highest BCUT2D eigenvalue weighted by Gasteiger charge is 2.21. The van der Waals surface area contributed by atoms with Crippen LogP contribution in [0.2, 0.25) is 0 Å². The van der Waals surface area contributed by atoms with Crippen molar-refractivity contribution >= 4 is 5.91 Å².